The van der Waals surface area contributed by atoms with Crippen molar-refractivity contribution in [2.75, 3.05) is 6.54 Å². The lowest BCUT2D eigenvalue weighted by Crippen LogP contribution is -2.35. The van der Waals surface area contributed by atoms with Gasteiger partial charge >= 0.3 is 0 Å². The molecule has 2 amide bonds. The fourth-order valence-electron chi connectivity index (χ4n) is 2.51. The average Bonchev–Trinajstić information content (AvgIpc) is 2.80. The number of ketones is 1. The summed E-state index contributed by atoms with van der Waals surface area (Å²) in [5, 5.41) is 11.1. The number of fused-ring (bicyclic) bond motifs is 1. The number of nitrogens with zero attached hydrogens (tertiary/aromatic N) is 2. The first-order chi connectivity index (χ1) is 11.4. The zero-order valence-electron chi connectivity index (χ0n) is 12.1. The van der Waals surface area contributed by atoms with Gasteiger partial charge in [-0.15, -0.1) is 0 Å². The molecule has 0 aliphatic carbocycles. The van der Waals surface area contributed by atoms with E-state index in [-0.39, 0.29) is 11.1 Å². The normalized spacial score (nSPS) is 13.1. The molecule has 0 N–H and O–H groups in total. The molecule has 0 atom stereocenters. The molecule has 0 fully saturated rings. The third kappa shape index (κ3) is 2.61. The highest BCUT2D eigenvalue weighted by molar-refractivity contribution is 9.10. The van der Waals surface area contributed by atoms with Gasteiger partial charge in [0, 0.05) is 16.1 Å². The molecule has 24 heavy (non-hydrogen) atoms. The van der Waals surface area contributed by atoms with Crippen LogP contribution in [-0.4, -0.2) is 34.0 Å². The highest BCUT2D eigenvalue weighted by Crippen LogP contribution is 2.30. The number of carbonyl (C=O) groups is 3. The zero-order chi connectivity index (χ0) is 17.4. The van der Waals surface area contributed by atoms with Crippen LogP contribution in [0.25, 0.3) is 0 Å². The topological polar surface area (TPSA) is 97.6 Å². The number of hydrogen-bond donors (Lipinski definition) is 0. The van der Waals surface area contributed by atoms with Crippen molar-refractivity contribution < 1.29 is 19.3 Å². The van der Waals surface area contributed by atoms with Crippen LogP contribution in [0.2, 0.25) is 0 Å². The fraction of sp³-hybridized carbons (Fsp3) is 0.0625. The number of amides is 2. The Kier molecular flexibility index (Phi) is 3.98. The number of nitro benzene ring substituents is 1. The molecule has 1 heterocycles. The van der Waals surface area contributed by atoms with Crippen molar-refractivity contribution in [2.24, 2.45) is 0 Å². The van der Waals surface area contributed by atoms with Crippen LogP contribution in [0.3, 0.4) is 0 Å². The van der Waals surface area contributed by atoms with Crippen molar-refractivity contribution in [2.45, 2.75) is 0 Å². The Hall–Kier alpha value is -2.87. The molecule has 0 bridgehead atoms. The van der Waals surface area contributed by atoms with E-state index in [2.05, 4.69) is 15.9 Å². The number of rotatable bonds is 4. The first-order valence-electron chi connectivity index (χ1n) is 6.82. The molecule has 3 rings (SSSR count). The Balaban J connectivity index is 1.93. The van der Waals surface area contributed by atoms with Crippen molar-refractivity contribution >= 4 is 39.2 Å². The van der Waals surface area contributed by atoms with Crippen LogP contribution >= 0.6 is 15.9 Å². The molecule has 0 radical (unpaired) electrons. The quantitative estimate of drug-likeness (QED) is 0.347. The van der Waals surface area contributed by atoms with Crippen LogP contribution in [0.15, 0.2) is 46.9 Å². The van der Waals surface area contributed by atoms with E-state index in [4.69, 9.17) is 0 Å². The predicted molar refractivity (Wildman–Crippen MR) is 86.9 cm³/mol. The maximum atomic E-state index is 12.4. The molecule has 1 aliphatic heterocycles. The minimum Gasteiger partial charge on any atom is -0.292 e. The maximum absolute atomic E-state index is 12.4. The maximum Gasteiger partial charge on any atom is 0.282 e. The summed E-state index contributed by atoms with van der Waals surface area (Å²) in [7, 11) is 0. The number of carbonyl (C=O) groups excluding carboxylic acids is 3. The monoisotopic (exact) mass is 388 g/mol. The van der Waals surface area contributed by atoms with Crippen LogP contribution in [0.1, 0.15) is 31.1 Å². The Bertz CT molecular complexity index is 909. The molecular weight excluding hydrogens is 380 g/mol. The number of hydrogen-bond acceptors (Lipinski definition) is 5. The van der Waals surface area contributed by atoms with Crippen molar-refractivity contribution in [1.82, 2.24) is 4.90 Å². The zero-order valence-corrected chi connectivity index (χ0v) is 13.6. The molecule has 2 aromatic carbocycles. The van der Waals surface area contributed by atoms with Gasteiger partial charge < -0.3 is 0 Å². The number of Topliss-reactive ketones (excluding diaryl/α,β-unsaturated/α-hetero) is 1. The summed E-state index contributed by atoms with van der Waals surface area (Å²) >= 11 is 3.24. The summed E-state index contributed by atoms with van der Waals surface area (Å²) in [6.45, 7) is -0.472. The molecular formula is C16H9BrN2O5. The first kappa shape index (κ1) is 16.0. The van der Waals surface area contributed by atoms with Gasteiger partial charge in [0.2, 0.25) is 0 Å². The summed E-state index contributed by atoms with van der Waals surface area (Å²) in [6, 6.07) is 10.4. The number of imide groups is 1. The molecule has 8 heteroatoms. The molecule has 2 aromatic rings. The predicted octanol–water partition coefficient (Wildman–Crippen LogP) is 2.84. The van der Waals surface area contributed by atoms with Gasteiger partial charge in [0.15, 0.2) is 5.78 Å². The smallest absolute Gasteiger partial charge is 0.282 e. The van der Waals surface area contributed by atoms with E-state index < -0.39 is 34.8 Å². The van der Waals surface area contributed by atoms with E-state index in [1.165, 1.54) is 12.1 Å². The van der Waals surface area contributed by atoms with Crippen LogP contribution in [-0.2, 0) is 0 Å². The van der Waals surface area contributed by atoms with E-state index in [0.717, 1.165) is 11.0 Å². The minimum atomic E-state index is -0.828. The number of benzene rings is 2. The highest BCUT2D eigenvalue weighted by atomic mass is 79.9. The largest absolute Gasteiger partial charge is 0.292 e. The van der Waals surface area contributed by atoms with E-state index in [0.29, 0.717) is 10.0 Å². The second-order valence-electron chi connectivity index (χ2n) is 5.09. The van der Waals surface area contributed by atoms with E-state index in [1.807, 2.05) is 0 Å². The molecule has 0 aromatic heterocycles. The lowest BCUT2D eigenvalue weighted by Gasteiger charge is -2.12. The van der Waals surface area contributed by atoms with Gasteiger partial charge in [-0.1, -0.05) is 34.1 Å². The number of nitro groups is 1. The van der Waals surface area contributed by atoms with Crippen LogP contribution in [0, 0.1) is 10.1 Å². The summed E-state index contributed by atoms with van der Waals surface area (Å²) in [5.41, 5.74) is -0.440. The second kappa shape index (κ2) is 5.97. The Morgan fingerprint density at radius 1 is 1.12 bits per heavy atom. The SMILES string of the molecule is O=C(CN1C(=O)c2cccc([N+](=O)[O-])c2C1=O)c1cccc(Br)c1. The molecule has 0 unspecified atom stereocenters. The first-order valence-corrected chi connectivity index (χ1v) is 7.62. The van der Waals surface area contributed by atoms with Gasteiger partial charge in [0.1, 0.15) is 5.56 Å². The lowest BCUT2D eigenvalue weighted by molar-refractivity contribution is -0.385. The summed E-state index contributed by atoms with van der Waals surface area (Å²) in [6.07, 6.45) is 0. The van der Waals surface area contributed by atoms with Gasteiger partial charge in [0.25, 0.3) is 17.5 Å². The molecule has 7 nitrogen and oxygen atoms in total. The minimum absolute atomic E-state index is 0.0590. The molecule has 1 aliphatic rings. The Morgan fingerprint density at radius 3 is 2.50 bits per heavy atom. The second-order valence-corrected chi connectivity index (χ2v) is 6.00. The van der Waals surface area contributed by atoms with E-state index >= 15 is 0 Å². The Labute approximate surface area is 144 Å². The average molecular weight is 389 g/mol. The van der Waals surface area contributed by atoms with Crippen molar-refractivity contribution in [3.05, 3.63) is 73.7 Å². The van der Waals surface area contributed by atoms with Gasteiger partial charge in [0.05, 0.1) is 17.0 Å². The molecule has 120 valence electrons. The lowest BCUT2D eigenvalue weighted by atomic mass is 10.1. The molecule has 0 spiro atoms. The third-order valence-electron chi connectivity index (χ3n) is 3.62. The summed E-state index contributed by atoms with van der Waals surface area (Å²) in [4.78, 5) is 48.1. The van der Waals surface area contributed by atoms with Gasteiger partial charge in [-0.05, 0) is 18.2 Å². The fourth-order valence-corrected chi connectivity index (χ4v) is 2.91. The standard InChI is InChI=1S/C16H9BrN2O5/c17-10-4-1-3-9(7-10)13(20)8-18-15(21)11-5-2-6-12(19(23)24)14(11)16(18)22/h1-7H,8H2. The van der Waals surface area contributed by atoms with E-state index in [1.54, 1.807) is 24.3 Å². The van der Waals surface area contributed by atoms with Gasteiger partial charge in [-0.2, -0.15) is 0 Å². The van der Waals surface area contributed by atoms with Crippen molar-refractivity contribution in [3.8, 4) is 0 Å². The molecule has 0 saturated carbocycles. The summed E-state index contributed by atoms with van der Waals surface area (Å²) in [5.74, 6) is -1.97. The van der Waals surface area contributed by atoms with Gasteiger partial charge in [-0.25, -0.2) is 0 Å². The number of halogens is 1. The Morgan fingerprint density at radius 2 is 1.83 bits per heavy atom. The van der Waals surface area contributed by atoms with Crippen molar-refractivity contribution in [1.29, 1.82) is 0 Å². The third-order valence-corrected chi connectivity index (χ3v) is 4.12. The summed E-state index contributed by atoms with van der Waals surface area (Å²) < 4.78 is 0.686. The van der Waals surface area contributed by atoms with Gasteiger partial charge in [-0.3, -0.25) is 29.4 Å². The van der Waals surface area contributed by atoms with E-state index in [9.17, 15) is 24.5 Å². The molecule has 0 saturated heterocycles. The van der Waals surface area contributed by atoms with Crippen molar-refractivity contribution in [3.63, 3.8) is 0 Å². The van der Waals surface area contributed by atoms with Crippen LogP contribution in [0.4, 0.5) is 5.69 Å². The van der Waals surface area contributed by atoms with Crippen LogP contribution < -0.4 is 0 Å². The van der Waals surface area contributed by atoms with Crippen LogP contribution in [0.5, 0.6) is 0 Å². The highest BCUT2D eigenvalue weighted by Gasteiger charge is 2.41.